The molecule has 1 fully saturated rings. The van der Waals surface area contributed by atoms with Gasteiger partial charge in [0.1, 0.15) is 12.4 Å². The summed E-state index contributed by atoms with van der Waals surface area (Å²) in [6.07, 6.45) is 5.04. The maximum atomic E-state index is 13.4. The summed E-state index contributed by atoms with van der Waals surface area (Å²) in [7, 11) is 5.30. The van der Waals surface area contributed by atoms with E-state index >= 15 is 0 Å². The van der Waals surface area contributed by atoms with Crippen molar-refractivity contribution in [2.24, 2.45) is 0 Å². The molecule has 0 saturated carbocycles. The van der Waals surface area contributed by atoms with Gasteiger partial charge in [-0.05, 0) is 68.1 Å². The summed E-state index contributed by atoms with van der Waals surface area (Å²) in [4.78, 5) is 31.7. The molecule has 0 N–H and O–H groups in total. The second-order valence-electron chi connectivity index (χ2n) is 10.0. The van der Waals surface area contributed by atoms with Crippen LogP contribution >= 0.6 is 0 Å². The summed E-state index contributed by atoms with van der Waals surface area (Å²) in [6, 6.07) is 15.6. The Balaban J connectivity index is 1.49. The lowest BCUT2D eigenvalue weighted by Crippen LogP contribution is -2.51. The molecular formula is C29H39N3O4. The third-order valence-electron chi connectivity index (χ3n) is 7.28. The lowest BCUT2D eigenvalue weighted by molar-refractivity contribution is -0.0156. The van der Waals surface area contributed by atoms with Gasteiger partial charge in [-0.2, -0.15) is 0 Å². The van der Waals surface area contributed by atoms with Crippen LogP contribution in [0, 0.1) is 0 Å². The monoisotopic (exact) mass is 493 g/mol. The van der Waals surface area contributed by atoms with Gasteiger partial charge >= 0.3 is 0 Å². The molecule has 7 nitrogen and oxygen atoms in total. The maximum Gasteiger partial charge on any atom is 0.254 e. The van der Waals surface area contributed by atoms with Gasteiger partial charge in [-0.1, -0.05) is 24.6 Å². The van der Waals surface area contributed by atoms with Gasteiger partial charge in [0, 0.05) is 52.0 Å². The van der Waals surface area contributed by atoms with E-state index < -0.39 is 0 Å². The van der Waals surface area contributed by atoms with Crippen LogP contribution in [0.1, 0.15) is 58.4 Å². The number of nitrogens with zero attached hydrogens (tertiary/aromatic N) is 3. The Morgan fingerprint density at radius 2 is 1.83 bits per heavy atom. The Hall–Kier alpha value is -2.90. The van der Waals surface area contributed by atoms with Gasteiger partial charge < -0.3 is 19.3 Å². The average molecular weight is 494 g/mol. The molecule has 2 amide bonds. The van der Waals surface area contributed by atoms with Gasteiger partial charge in [-0.15, -0.1) is 0 Å². The first-order chi connectivity index (χ1) is 17.5. The summed E-state index contributed by atoms with van der Waals surface area (Å²) in [6.45, 7) is 3.85. The minimum absolute atomic E-state index is 0.0140. The molecule has 4 rings (SSSR count). The van der Waals surface area contributed by atoms with Crippen LogP contribution in [0.25, 0.3) is 0 Å². The highest BCUT2D eigenvalue weighted by molar-refractivity contribution is 5.95. The zero-order valence-corrected chi connectivity index (χ0v) is 21.8. The van der Waals surface area contributed by atoms with Crippen molar-refractivity contribution in [2.45, 2.75) is 50.8 Å². The van der Waals surface area contributed by atoms with Crippen molar-refractivity contribution >= 4 is 11.8 Å². The molecular weight excluding hydrogens is 454 g/mol. The van der Waals surface area contributed by atoms with Gasteiger partial charge in [0.15, 0.2) is 0 Å². The SMILES string of the molecule is CO[C@@H]1CCCN2C(=O)c3cccc(c3)OCCN(Cc3ccc(C(=O)N(C)C)cc3)CCCC[C@H]12. The lowest BCUT2D eigenvalue weighted by Gasteiger charge is -2.41. The number of carbonyl (C=O) groups is 2. The number of carbonyl (C=O) groups excluding carboxylic acids is 2. The van der Waals surface area contributed by atoms with Crippen LogP contribution in [0.4, 0.5) is 0 Å². The maximum absolute atomic E-state index is 13.4. The van der Waals surface area contributed by atoms with Gasteiger partial charge in [-0.3, -0.25) is 14.5 Å². The Kier molecular flexibility index (Phi) is 8.99. The van der Waals surface area contributed by atoms with E-state index in [0.717, 1.165) is 64.0 Å². The summed E-state index contributed by atoms with van der Waals surface area (Å²) >= 11 is 0. The fourth-order valence-electron chi connectivity index (χ4n) is 5.30. The predicted octanol–water partition coefficient (Wildman–Crippen LogP) is 4.07. The highest BCUT2D eigenvalue weighted by atomic mass is 16.5. The van der Waals surface area contributed by atoms with Crippen molar-refractivity contribution in [1.29, 1.82) is 0 Å². The van der Waals surface area contributed by atoms with Gasteiger partial charge in [0.2, 0.25) is 0 Å². The summed E-state index contributed by atoms with van der Waals surface area (Å²) < 4.78 is 11.9. The molecule has 2 heterocycles. The first kappa shape index (κ1) is 26.2. The topological polar surface area (TPSA) is 62.3 Å². The van der Waals surface area contributed by atoms with Crippen LogP contribution < -0.4 is 4.74 Å². The number of benzene rings is 2. The van der Waals surface area contributed by atoms with Crippen LogP contribution in [0.15, 0.2) is 48.5 Å². The molecule has 1 saturated heterocycles. The number of amides is 2. The fourth-order valence-corrected chi connectivity index (χ4v) is 5.30. The number of hydrogen-bond acceptors (Lipinski definition) is 5. The van der Waals surface area contributed by atoms with Crippen molar-refractivity contribution in [3.05, 3.63) is 65.2 Å². The molecule has 2 aliphatic rings. The van der Waals surface area contributed by atoms with E-state index in [0.29, 0.717) is 17.7 Å². The van der Waals surface area contributed by atoms with Gasteiger partial charge in [0.05, 0.1) is 12.1 Å². The van der Waals surface area contributed by atoms with Crippen molar-refractivity contribution < 1.29 is 19.1 Å². The molecule has 36 heavy (non-hydrogen) atoms. The first-order valence-corrected chi connectivity index (χ1v) is 13.1. The minimum Gasteiger partial charge on any atom is -0.492 e. The number of methoxy groups -OCH3 is 1. The molecule has 0 spiro atoms. The molecule has 7 heteroatoms. The Labute approximate surface area is 215 Å². The smallest absolute Gasteiger partial charge is 0.254 e. The normalized spacial score (nSPS) is 21.8. The average Bonchev–Trinajstić information content (AvgIpc) is 2.90. The third-order valence-corrected chi connectivity index (χ3v) is 7.28. The number of rotatable bonds is 4. The largest absolute Gasteiger partial charge is 0.492 e. The van der Waals surface area contributed by atoms with Crippen molar-refractivity contribution in [1.82, 2.24) is 14.7 Å². The molecule has 0 aliphatic carbocycles. The highest BCUT2D eigenvalue weighted by Gasteiger charge is 2.34. The molecule has 2 aliphatic heterocycles. The van der Waals surface area contributed by atoms with Crippen LogP contribution in [0.2, 0.25) is 0 Å². The Morgan fingerprint density at radius 1 is 1.03 bits per heavy atom. The van der Waals surface area contributed by atoms with E-state index in [1.165, 1.54) is 5.56 Å². The quantitative estimate of drug-likeness (QED) is 0.643. The lowest BCUT2D eigenvalue weighted by atomic mass is 9.93. The van der Waals surface area contributed by atoms with Crippen LogP contribution in [-0.2, 0) is 11.3 Å². The fraction of sp³-hybridized carbons (Fsp3) is 0.517. The highest BCUT2D eigenvalue weighted by Crippen LogP contribution is 2.27. The third kappa shape index (κ3) is 6.45. The zero-order valence-electron chi connectivity index (χ0n) is 21.8. The number of hydrogen-bond donors (Lipinski definition) is 0. The molecule has 2 atom stereocenters. The van der Waals surface area contributed by atoms with E-state index in [4.69, 9.17) is 9.47 Å². The number of ether oxygens (including phenoxy) is 2. The second kappa shape index (κ2) is 12.4. The molecule has 2 aromatic carbocycles. The Bertz CT molecular complexity index is 1020. The van der Waals surface area contributed by atoms with Crippen LogP contribution in [-0.4, -0.2) is 86.1 Å². The Morgan fingerprint density at radius 3 is 2.58 bits per heavy atom. The minimum atomic E-state index is 0.0140. The van der Waals surface area contributed by atoms with E-state index in [1.807, 2.05) is 53.4 Å². The molecule has 2 bridgehead atoms. The van der Waals surface area contributed by atoms with Gasteiger partial charge in [0.25, 0.3) is 11.8 Å². The van der Waals surface area contributed by atoms with Crippen LogP contribution in [0.5, 0.6) is 5.75 Å². The van der Waals surface area contributed by atoms with Crippen molar-refractivity contribution in [2.75, 3.05) is 47.4 Å². The van der Waals surface area contributed by atoms with Crippen LogP contribution in [0.3, 0.4) is 0 Å². The second-order valence-corrected chi connectivity index (χ2v) is 10.0. The number of piperidine rings is 1. The summed E-state index contributed by atoms with van der Waals surface area (Å²) in [5.41, 5.74) is 2.56. The standard InChI is InChI=1S/C29H39N3O4/c1-30(2)28(33)23-14-12-22(13-15-23)21-31-16-5-4-10-26-27(35-3)11-7-17-32(26)29(34)24-8-6-9-25(20-24)36-19-18-31/h6,8-9,12-15,20,26-27H,4-5,7,10-11,16-19,21H2,1-3H3/t26-,27-/m1/s1. The van der Waals surface area contributed by atoms with E-state index in [9.17, 15) is 9.59 Å². The molecule has 0 aromatic heterocycles. The van der Waals surface area contributed by atoms with E-state index in [1.54, 1.807) is 26.1 Å². The van der Waals surface area contributed by atoms with Gasteiger partial charge in [-0.25, -0.2) is 0 Å². The van der Waals surface area contributed by atoms with Crippen molar-refractivity contribution in [3.63, 3.8) is 0 Å². The molecule has 0 unspecified atom stereocenters. The number of fused-ring (bicyclic) bond motifs is 3. The predicted molar refractivity (Wildman–Crippen MR) is 140 cm³/mol. The summed E-state index contributed by atoms with van der Waals surface area (Å²) in [5.74, 6) is 0.809. The zero-order chi connectivity index (χ0) is 25.5. The first-order valence-electron chi connectivity index (χ1n) is 13.1. The molecule has 2 aromatic rings. The summed E-state index contributed by atoms with van der Waals surface area (Å²) in [5, 5.41) is 0. The van der Waals surface area contributed by atoms with E-state index in [-0.39, 0.29) is 24.0 Å². The molecule has 0 radical (unpaired) electrons. The molecule has 194 valence electrons. The van der Waals surface area contributed by atoms with Crippen molar-refractivity contribution in [3.8, 4) is 5.75 Å². The van der Waals surface area contributed by atoms with E-state index in [2.05, 4.69) is 4.90 Å².